The zero-order valence-electron chi connectivity index (χ0n) is 16.5. The highest BCUT2D eigenvalue weighted by molar-refractivity contribution is 9.10. The summed E-state index contributed by atoms with van der Waals surface area (Å²) in [4.78, 5) is 37.9. The first-order valence-electron chi connectivity index (χ1n) is 9.54. The van der Waals surface area contributed by atoms with Gasteiger partial charge in [-0.25, -0.2) is 0 Å². The molecule has 30 heavy (non-hydrogen) atoms. The topological polar surface area (TPSA) is 93.0 Å². The van der Waals surface area contributed by atoms with E-state index in [0.29, 0.717) is 43.9 Å². The Balaban J connectivity index is 1.53. The molecule has 2 aromatic rings. The first kappa shape index (κ1) is 21.8. The van der Waals surface area contributed by atoms with Crippen molar-refractivity contribution in [2.45, 2.75) is 13.3 Å². The van der Waals surface area contributed by atoms with E-state index >= 15 is 0 Å². The number of halogens is 1. The lowest BCUT2D eigenvalue weighted by molar-refractivity contribution is -0.384. The molecule has 2 aromatic carbocycles. The third kappa shape index (κ3) is 5.15. The van der Waals surface area contributed by atoms with Gasteiger partial charge in [0.2, 0.25) is 5.91 Å². The Bertz CT molecular complexity index is 958. The summed E-state index contributed by atoms with van der Waals surface area (Å²) in [5.41, 5.74) is 1.74. The van der Waals surface area contributed by atoms with Crippen molar-refractivity contribution in [1.29, 1.82) is 0 Å². The van der Waals surface area contributed by atoms with Crippen LogP contribution in [0.15, 0.2) is 40.9 Å². The van der Waals surface area contributed by atoms with Crippen molar-refractivity contribution >= 4 is 39.5 Å². The van der Waals surface area contributed by atoms with Crippen LogP contribution < -0.4 is 9.64 Å². The zero-order valence-corrected chi connectivity index (χ0v) is 18.1. The predicted molar refractivity (Wildman–Crippen MR) is 116 cm³/mol. The fourth-order valence-electron chi connectivity index (χ4n) is 3.35. The molecule has 0 unspecified atom stereocenters. The lowest BCUT2D eigenvalue weighted by atomic mass is 10.1. The molecule has 3 rings (SSSR count). The quantitative estimate of drug-likeness (QED) is 0.345. The SMILES string of the molecule is Cc1ccc(OCCC(=O)N2CCN(c3ccc(C=O)cc3[N+](=O)[O-])CC2)c(Br)c1. The molecule has 0 spiro atoms. The number of anilines is 1. The monoisotopic (exact) mass is 475 g/mol. The number of carbonyl (C=O) groups excluding carboxylic acids is 2. The Morgan fingerprint density at radius 3 is 2.57 bits per heavy atom. The molecule has 0 saturated carbocycles. The van der Waals surface area contributed by atoms with E-state index in [1.54, 1.807) is 17.0 Å². The van der Waals surface area contributed by atoms with E-state index in [2.05, 4.69) is 15.9 Å². The Morgan fingerprint density at radius 2 is 1.93 bits per heavy atom. The third-order valence-corrected chi connectivity index (χ3v) is 5.59. The van der Waals surface area contributed by atoms with Crippen molar-refractivity contribution in [2.24, 2.45) is 0 Å². The zero-order chi connectivity index (χ0) is 21.7. The molecule has 0 radical (unpaired) electrons. The van der Waals surface area contributed by atoms with Crippen LogP contribution >= 0.6 is 15.9 Å². The maximum atomic E-state index is 12.5. The molecule has 0 aromatic heterocycles. The molecule has 9 heteroatoms. The van der Waals surface area contributed by atoms with E-state index in [4.69, 9.17) is 4.74 Å². The van der Waals surface area contributed by atoms with Gasteiger partial charge in [-0.2, -0.15) is 0 Å². The van der Waals surface area contributed by atoms with Crippen molar-refractivity contribution in [3.8, 4) is 5.75 Å². The normalized spacial score (nSPS) is 13.8. The molecular weight excluding hydrogens is 454 g/mol. The van der Waals surface area contributed by atoms with Crippen LogP contribution in [0.4, 0.5) is 11.4 Å². The van der Waals surface area contributed by atoms with Crippen molar-refractivity contribution in [2.75, 3.05) is 37.7 Å². The number of amides is 1. The highest BCUT2D eigenvalue weighted by atomic mass is 79.9. The number of aryl methyl sites for hydroxylation is 1. The van der Waals surface area contributed by atoms with Gasteiger partial charge in [-0.1, -0.05) is 6.07 Å². The minimum atomic E-state index is -0.486. The number of nitro groups is 1. The number of hydrogen-bond donors (Lipinski definition) is 0. The predicted octanol–water partition coefficient (Wildman–Crippen LogP) is 3.60. The van der Waals surface area contributed by atoms with E-state index in [9.17, 15) is 19.7 Å². The molecule has 1 aliphatic rings. The van der Waals surface area contributed by atoms with E-state index in [-0.39, 0.29) is 30.2 Å². The maximum absolute atomic E-state index is 12.5. The van der Waals surface area contributed by atoms with Crippen molar-refractivity contribution in [1.82, 2.24) is 4.90 Å². The third-order valence-electron chi connectivity index (χ3n) is 4.97. The summed E-state index contributed by atoms with van der Waals surface area (Å²) in [5, 5.41) is 11.4. The Morgan fingerprint density at radius 1 is 1.20 bits per heavy atom. The van der Waals surface area contributed by atoms with Gasteiger partial charge >= 0.3 is 0 Å². The number of aldehydes is 1. The highest BCUT2D eigenvalue weighted by Crippen LogP contribution is 2.30. The summed E-state index contributed by atoms with van der Waals surface area (Å²) in [6.07, 6.45) is 0.846. The molecule has 1 heterocycles. The summed E-state index contributed by atoms with van der Waals surface area (Å²) < 4.78 is 6.55. The van der Waals surface area contributed by atoms with Crippen LogP contribution in [-0.4, -0.2) is 54.8 Å². The van der Waals surface area contributed by atoms with Crippen LogP contribution in [0.2, 0.25) is 0 Å². The molecule has 1 aliphatic heterocycles. The standard InChI is InChI=1S/C21H22BrN3O5/c1-15-2-5-20(17(22)12-15)30-11-6-21(27)24-9-7-23(8-10-24)18-4-3-16(14-26)13-19(18)25(28)29/h2-5,12-14H,6-11H2,1H3. The summed E-state index contributed by atoms with van der Waals surface area (Å²) >= 11 is 3.45. The van der Waals surface area contributed by atoms with Gasteiger partial charge in [0.25, 0.3) is 5.69 Å². The number of hydrogen-bond acceptors (Lipinski definition) is 6. The summed E-state index contributed by atoms with van der Waals surface area (Å²) in [6, 6.07) is 10.2. The van der Waals surface area contributed by atoms with E-state index < -0.39 is 4.92 Å². The van der Waals surface area contributed by atoms with Crippen LogP contribution in [0, 0.1) is 17.0 Å². The number of nitro benzene ring substituents is 1. The molecule has 158 valence electrons. The van der Waals surface area contributed by atoms with Crippen LogP contribution in [0.1, 0.15) is 22.3 Å². The second-order valence-electron chi connectivity index (χ2n) is 7.02. The molecule has 1 amide bonds. The van der Waals surface area contributed by atoms with Gasteiger partial charge in [0.1, 0.15) is 17.7 Å². The second kappa shape index (κ2) is 9.71. The molecule has 1 fully saturated rings. The fraction of sp³-hybridized carbons (Fsp3) is 0.333. The van der Waals surface area contributed by atoms with Crippen molar-refractivity contribution in [3.05, 3.63) is 62.1 Å². The minimum Gasteiger partial charge on any atom is -0.492 e. The summed E-state index contributed by atoms with van der Waals surface area (Å²) in [7, 11) is 0. The van der Waals surface area contributed by atoms with Crippen molar-refractivity contribution < 1.29 is 19.2 Å². The summed E-state index contributed by atoms with van der Waals surface area (Å²) in [5.74, 6) is 0.688. The first-order chi connectivity index (χ1) is 14.4. The molecule has 0 aliphatic carbocycles. The van der Waals surface area contributed by atoms with Gasteiger partial charge in [0.05, 0.1) is 22.4 Å². The average molecular weight is 476 g/mol. The molecular formula is C21H22BrN3O5. The molecule has 8 nitrogen and oxygen atoms in total. The lowest BCUT2D eigenvalue weighted by Gasteiger charge is -2.35. The van der Waals surface area contributed by atoms with Gasteiger partial charge < -0.3 is 14.5 Å². The minimum absolute atomic E-state index is 0.0105. The van der Waals surface area contributed by atoms with Crippen LogP contribution in [0.5, 0.6) is 5.75 Å². The molecule has 0 bridgehead atoms. The lowest BCUT2D eigenvalue weighted by Crippen LogP contribution is -2.49. The second-order valence-corrected chi connectivity index (χ2v) is 7.88. The highest BCUT2D eigenvalue weighted by Gasteiger charge is 2.26. The average Bonchev–Trinajstić information content (AvgIpc) is 2.74. The Labute approximate surface area is 182 Å². The van der Waals surface area contributed by atoms with Gasteiger partial charge in [0.15, 0.2) is 0 Å². The molecule has 1 saturated heterocycles. The first-order valence-corrected chi connectivity index (χ1v) is 10.3. The number of carbonyl (C=O) groups is 2. The number of ether oxygens (including phenoxy) is 1. The maximum Gasteiger partial charge on any atom is 0.293 e. The number of benzene rings is 2. The fourth-order valence-corrected chi connectivity index (χ4v) is 3.96. The van der Waals surface area contributed by atoms with Crippen LogP contribution in [0.3, 0.4) is 0 Å². The van der Waals surface area contributed by atoms with Gasteiger partial charge in [-0.3, -0.25) is 19.7 Å². The Kier molecular flexibility index (Phi) is 7.04. The van der Waals surface area contributed by atoms with Gasteiger partial charge in [-0.15, -0.1) is 0 Å². The number of piperazine rings is 1. The van der Waals surface area contributed by atoms with Crippen LogP contribution in [0.25, 0.3) is 0 Å². The molecule has 0 atom stereocenters. The van der Waals surface area contributed by atoms with E-state index in [1.165, 1.54) is 6.07 Å². The van der Waals surface area contributed by atoms with Crippen molar-refractivity contribution in [3.63, 3.8) is 0 Å². The number of nitrogens with zero attached hydrogens (tertiary/aromatic N) is 3. The smallest absolute Gasteiger partial charge is 0.293 e. The van der Waals surface area contributed by atoms with Crippen LogP contribution in [-0.2, 0) is 4.79 Å². The van der Waals surface area contributed by atoms with E-state index in [1.807, 2.05) is 30.0 Å². The van der Waals surface area contributed by atoms with E-state index in [0.717, 1.165) is 10.0 Å². The summed E-state index contributed by atoms with van der Waals surface area (Å²) in [6.45, 7) is 4.18. The van der Waals surface area contributed by atoms with Gasteiger partial charge in [0, 0.05) is 37.8 Å². The Hall–Kier alpha value is -2.94. The van der Waals surface area contributed by atoms with Gasteiger partial charge in [-0.05, 0) is 52.7 Å². The number of rotatable bonds is 7. The molecule has 0 N–H and O–H groups in total. The largest absolute Gasteiger partial charge is 0.492 e.